The van der Waals surface area contributed by atoms with Gasteiger partial charge in [-0.3, -0.25) is 10.2 Å². The first-order valence-electron chi connectivity index (χ1n) is 10.7. The maximum atomic E-state index is 12.7. The second-order valence-electron chi connectivity index (χ2n) is 7.29. The summed E-state index contributed by atoms with van der Waals surface area (Å²) in [6.07, 6.45) is 3.25. The number of carbonyl (C=O) groups excluding carboxylic acids is 1. The zero-order valence-electron chi connectivity index (χ0n) is 18.7. The molecule has 34 heavy (non-hydrogen) atoms. The number of para-hydroxylation sites is 2. The average molecular weight is 499 g/mol. The van der Waals surface area contributed by atoms with Gasteiger partial charge in [-0.1, -0.05) is 30.7 Å². The number of thioether (sulfide) groups is 1. The Morgan fingerprint density at radius 2 is 1.85 bits per heavy atom. The third kappa shape index (κ3) is 5.26. The summed E-state index contributed by atoms with van der Waals surface area (Å²) < 4.78 is 16.9. The van der Waals surface area contributed by atoms with E-state index in [1.54, 1.807) is 31.4 Å². The number of hydrazone groups is 1. The number of amides is 1. The number of halogens is 1. The monoisotopic (exact) mass is 498 g/mol. The Bertz CT molecular complexity index is 1210. The van der Waals surface area contributed by atoms with Gasteiger partial charge >= 0.3 is 0 Å². The molecule has 0 unspecified atom stereocenters. The van der Waals surface area contributed by atoms with Gasteiger partial charge in [-0.2, -0.15) is 15.1 Å². The molecule has 8 nitrogen and oxygen atoms in total. The van der Waals surface area contributed by atoms with Crippen molar-refractivity contribution in [2.45, 2.75) is 19.8 Å². The Kier molecular flexibility index (Phi) is 7.54. The minimum absolute atomic E-state index is 0.0287. The maximum Gasteiger partial charge on any atom is 0.283 e. The van der Waals surface area contributed by atoms with Crippen molar-refractivity contribution in [3.8, 4) is 17.2 Å². The van der Waals surface area contributed by atoms with Gasteiger partial charge < -0.3 is 14.2 Å². The molecule has 2 aromatic carbocycles. The molecule has 4 rings (SSSR count). The van der Waals surface area contributed by atoms with Crippen molar-refractivity contribution in [2.75, 3.05) is 20.3 Å². The third-order valence-corrected chi connectivity index (χ3v) is 6.10. The summed E-state index contributed by atoms with van der Waals surface area (Å²) in [6, 6.07) is 12.4. The number of fused-ring (bicyclic) bond motifs is 1. The first kappa shape index (κ1) is 23.8. The summed E-state index contributed by atoms with van der Waals surface area (Å²) in [5.41, 5.74) is 0.671. The van der Waals surface area contributed by atoms with Gasteiger partial charge in [0.05, 0.1) is 12.7 Å². The Hall–Kier alpha value is -3.30. The number of hydrogen-bond donors (Lipinski definition) is 1. The average Bonchev–Trinajstić information content (AvgIpc) is 3.23. The summed E-state index contributed by atoms with van der Waals surface area (Å²) in [7, 11) is 1.58. The fraction of sp³-hybridized carbons (Fsp3) is 0.250. The van der Waals surface area contributed by atoms with Crippen LogP contribution in [0.25, 0.3) is 6.08 Å². The first-order valence-corrected chi connectivity index (χ1v) is 11.9. The largest absolute Gasteiger partial charge is 0.493 e. The van der Waals surface area contributed by atoms with Gasteiger partial charge in [-0.05, 0) is 61.0 Å². The molecule has 1 N–H and O–H groups in total. The zero-order chi connectivity index (χ0) is 24.1. The van der Waals surface area contributed by atoms with Crippen LogP contribution in [-0.2, 0) is 4.79 Å². The smallest absolute Gasteiger partial charge is 0.283 e. The lowest BCUT2D eigenvalue weighted by Gasteiger charge is -2.20. The van der Waals surface area contributed by atoms with Crippen LogP contribution in [-0.4, -0.2) is 47.3 Å². The topological polar surface area (TPSA) is 96.6 Å². The molecule has 0 radical (unpaired) electrons. The number of nitrogens with one attached hydrogen (secondary N) is 1. The van der Waals surface area contributed by atoms with Gasteiger partial charge in [0, 0.05) is 10.6 Å². The Morgan fingerprint density at radius 1 is 1.12 bits per heavy atom. The van der Waals surface area contributed by atoms with Crippen LogP contribution in [0.1, 0.15) is 25.3 Å². The summed E-state index contributed by atoms with van der Waals surface area (Å²) >= 11 is 7.52. The quantitative estimate of drug-likeness (QED) is 0.376. The van der Waals surface area contributed by atoms with Gasteiger partial charge in [-0.15, -0.1) is 0 Å². The molecular weight excluding hydrogens is 476 g/mol. The molecule has 0 fully saturated rings. The van der Waals surface area contributed by atoms with E-state index in [-0.39, 0.29) is 24.6 Å². The van der Waals surface area contributed by atoms with Crippen molar-refractivity contribution < 1.29 is 19.0 Å². The highest BCUT2D eigenvalue weighted by atomic mass is 35.5. The number of hydrogen-bond acceptors (Lipinski definition) is 7. The van der Waals surface area contributed by atoms with Gasteiger partial charge in [0.2, 0.25) is 5.17 Å². The lowest BCUT2D eigenvalue weighted by Crippen LogP contribution is -2.35. The van der Waals surface area contributed by atoms with Gasteiger partial charge in [0.15, 0.2) is 17.3 Å². The zero-order valence-corrected chi connectivity index (χ0v) is 20.3. The molecule has 0 atom stereocenters. The van der Waals surface area contributed by atoms with E-state index in [2.05, 4.69) is 10.1 Å². The molecular formula is C24H23ClN4O4S. The van der Waals surface area contributed by atoms with E-state index in [4.69, 9.17) is 31.2 Å². The number of aliphatic imine (C=N–C) groups is 1. The molecule has 1 amide bonds. The van der Waals surface area contributed by atoms with Gasteiger partial charge in [0.25, 0.3) is 5.91 Å². The van der Waals surface area contributed by atoms with Crippen LogP contribution >= 0.6 is 23.4 Å². The molecule has 0 bridgehead atoms. The van der Waals surface area contributed by atoms with Crippen LogP contribution in [0.15, 0.2) is 58.1 Å². The van der Waals surface area contributed by atoms with Crippen LogP contribution in [0, 0.1) is 5.41 Å². The molecule has 0 aromatic heterocycles. The standard InChI is InChI=1S/C24H23ClN4O4S/c1-3-6-21-28-29-22(26)17(23(30)27-24(29)34-21)14-15-13-16(25)9-10-18(15)32-11-12-33-20-8-5-4-7-19(20)31-2/h4-5,7-10,13-14,26H,3,6,11-12H2,1-2H3/b17-14-,26-22?. The molecule has 2 aliphatic heterocycles. The number of amidine groups is 2. The van der Waals surface area contributed by atoms with Crippen molar-refractivity contribution in [1.82, 2.24) is 5.01 Å². The lowest BCUT2D eigenvalue weighted by atomic mass is 10.1. The predicted molar refractivity (Wildman–Crippen MR) is 135 cm³/mol. The van der Waals surface area contributed by atoms with E-state index in [1.807, 2.05) is 31.2 Å². The van der Waals surface area contributed by atoms with E-state index in [0.29, 0.717) is 33.0 Å². The molecule has 10 heteroatoms. The number of nitrogens with zero attached hydrogens (tertiary/aromatic N) is 3. The number of methoxy groups -OCH3 is 1. The summed E-state index contributed by atoms with van der Waals surface area (Å²) in [4.78, 5) is 16.8. The van der Waals surface area contributed by atoms with Crippen molar-refractivity contribution in [3.63, 3.8) is 0 Å². The van der Waals surface area contributed by atoms with Crippen LogP contribution < -0.4 is 14.2 Å². The van der Waals surface area contributed by atoms with Crippen LogP contribution in [0.2, 0.25) is 5.02 Å². The minimum Gasteiger partial charge on any atom is -0.493 e. The van der Waals surface area contributed by atoms with Gasteiger partial charge in [0.1, 0.15) is 24.0 Å². The minimum atomic E-state index is -0.498. The van der Waals surface area contributed by atoms with Crippen LogP contribution in [0.5, 0.6) is 17.2 Å². The van der Waals surface area contributed by atoms with E-state index in [1.165, 1.54) is 16.8 Å². The summed E-state index contributed by atoms with van der Waals surface area (Å²) in [5, 5.41) is 16.1. The normalized spacial score (nSPS) is 16.3. The summed E-state index contributed by atoms with van der Waals surface area (Å²) in [5.74, 6) is 1.23. The van der Waals surface area contributed by atoms with Gasteiger partial charge in [-0.25, -0.2) is 0 Å². The molecule has 176 valence electrons. The Labute approximate surface area is 206 Å². The lowest BCUT2D eigenvalue weighted by molar-refractivity contribution is -0.114. The molecule has 2 aromatic rings. The molecule has 0 aliphatic carbocycles. The Balaban J connectivity index is 1.50. The Morgan fingerprint density at radius 3 is 2.59 bits per heavy atom. The third-order valence-electron chi connectivity index (χ3n) is 4.90. The summed E-state index contributed by atoms with van der Waals surface area (Å²) in [6.45, 7) is 2.57. The number of benzene rings is 2. The van der Waals surface area contributed by atoms with Crippen molar-refractivity contribution in [3.05, 3.63) is 58.6 Å². The highest BCUT2D eigenvalue weighted by Crippen LogP contribution is 2.32. The van der Waals surface area contributed by atoms with Crippen LogP contribution in [0.4, 0.5) is 0 Å². The van der Waals surface area contributed by atoms with Crippen molar-refractivity contribution >= 4 is 51.4 Å². The number of carbonyl (C=O) groups is 1. The molecule has 2 aliphatic rings. The fourth-order valence-electron chi connectivity index (χ4n) is 3.31. The molecule has 0 saturated carbocycles. The molecule has 0 saturated heterocycles. The second kappa shape index (κ2) is 10.8. The van der Waals surface area contributed by atoms with E-state index in [0.717, 1.165) is 17.9 Å². The van der Waals surface area contributed by atoms with E-state index in [9.17, 15) is 4.79 Å². The second-order valence-corrected chi connectivity index (χ2v) is 8.77. The van der Waals surface area contributed by atoms with E-state index >= 15 is 0 Å². The van der Waals surface area contributed by atoms with E-state index < -0.39 is 5.91 Å². The first-order chi connectivity index (χ1) is 16.5. The number of ether oxygens (including phenoxy) is 3. The predicted octanol–water partition coefficient (Wildman–Crippen LogP) is 5.23. The fourth-order valence-corrected chi connectivity index (χ4v) is 4.47. The van der Waals surface area contributed by atoms with Crippen molar-refractivity contribution in [2.24, 2.45) is 10.1 Å². The highest BCUT2D eigenvalue weighted by molar-refractivity contribution is 8.26. The van der Waals surface area contributed by atoms with Crippen LogP contribution in [0.3, 0.4) is 0 Å². The SMILES string of the molecule is CCCC1=NN2C(=N)/C(=C/c3cc(Cl)ccc3OCCOc3ccccc3OC)C(=O)N=C2S1. The number of rotatable bonds is 9. The highest BCUT2D eigenvalue weighted by Gasteiger charge is 2.35. The van der Waals surface area contributed by atoms with Crippen molar-refractivity contribution in [1.29, 1.82) is 5.41 Å². The molecule has 2 heterocycles. The molecule has 0 spiro atoms. The maximum absolute atomic E-state index is 12.7.